The molecule has 0 aromatic heterocycles. The fourth-order valence-electron chi connectivity index (χ4n) is 3.35. The lowest BCUT2D eigenvalue weighted by Crippen LogP contribution is -2.33. The molecule has 1 heterocycles. The number of carbonyl (C=O) groups excluding carboxylic acids is 2. The molecule has 1 aliphatic heterocycles. The Morgan fingerprint density at radius 2 is 1.45 bits per heavy atom. The molecule has 0 fully saturated rings. The van der Waals surface area contributed by atoms with Crippen molar-refractivity contribution in [2.75, 3.05) is 6.61 Å². The standard InChI is InChI=1S/C22H38O7/c1-2-3-4-5-6-7-8-9-10-11-12-13-14-15-18(24)28-16-17(23)21-19(25)20(26)22(27)29-21/h17,21,23,25-26H,2-16H2,1H3/p+1/t17-,21+/m0/s1. The first-order chi connectivity index (χ1) is 14.0. The number of aliphatic hydroxyl groups excluding tert-OH is 3. The fraction of sp³-hybridized carbons (Fsp3) is 0.818. The van der Waals surface area contributed by atoms with Crippen molar-refractivity contribution >= 4 is 11.9 Å². The smallest absolute Gasteiger partial charge is 0.505 e. The Kier molecular flexibility index (Phi) is 13.2. The Bertz CT molecular complexity index is 522. The van der Waals surface area contributed by atoms with Gasteiger partial charge in [0.15, 0.2) is 11.9 Å². The van der Waals surface area contributed by atoms with E-state index in [1.54, 1.807) is 0 Å². The lowest BCUT2D eigenvalue weighted by atomic mass is 10.0. The van der Waals surface area contributed by atoms with Crippen molar-refractivity contribution in [3.63, 3.8) is 0 Å². The summed E-state index contributed by atoms with van der Waals surface area (Å²) in [5.74, 6) is -3.21. The van der Waals surface area contributed by atoms with E-state index in [0.29, 0.717) is 0 Å². The van der Waals surface area contributed by atoms with E-state index >= 15 is 0 Å². The average Bonchev–Trinajstić information content (AvgIpc) is 2.97. The SMILES string of the molecule is CCCCCCCCCCCCCCCC(=O)OC[C@H](O)[C@H]1OC(=O)C(O)=C1O.[H+]. The molecule has 7 nitrogen and oxygen atoms in total. The number of cyclic esters (lactones) is 1. The van der Waals surface area contributed by atoms with Crippen LogP contribution in [-0.4, -0.2) is 46.1 Å². The van der Waals surface area contributed by atoms with Gasteiger partial charge in [-0.2, -0.15) is 0 Å². The van der Waals surface area contributed by atoms with E-state index in [9.17, 15) is 24.9 Å². The van der Waals surface area contributed by atoms with Gasteiger partial charge in [-0.25, -0.2) is 4.79 Å². The second-order valence-corrected chi connectivity index (χ2v) is 7.80. The maximum Gasteiger partial charge on any atom is 1.00 e. The number of hydrogen-bond acceptors (Lipinski definition) is 7. The predicted molar refractivity (Wildman–Crippen MR) is 111 cm³/mol. The quantitative estimate of drug-likeness (QED) is 0.232. The zero-order valence-corrected chi connectivity index (χ0v) is 17.7. The predicted octanol–water partition coefficient (Wildman–Crippen LogP) is 4.74. The summed E-state index contributed by atoms with van der Waals surface area (Å²) in [4.78, 5) is 22.8. The molecule has 0 radical (unpaired) electrons. The third-order valence-corrected chi connectivity index (χ3v) is 5.19. The maximum atomic E-state index is 11.7. The lowest BCUT2D eigenvalue weighted by Gasteiger charge is -2.17. The van der Waals surface area contributed by atoms with Crippen LogP contribution in [0.2, 0.25) is 0 Å². The molecule has 0 bridgehead atoms. The summed E-state index contributed by atoms with van der Waals surface area (Å²) >= 11 is 0. The molecule has 1 aliphatic rings. The summed E-state index contributed by atoms with van der Waals surface area (Å²) in [6.45, 7) is 1.83. The van der Waals surface area contributed by atoms with Gasteiger partial charge in [0.05, 0.1) is 0 Å². The fourth-order valence-corrected chi connectivity index (χ4v) is 3.35. The number of rotatable bonds is 17. The van der Waals surface area contributed by atoms with Gasteiger partial charge in [0.25, 0.3) is 0 Å². The first kappa shape index (κ1) is 25.3. The summed E-state index contributed by atoms with van der Waals surface area (Å²) in [6.07, 6.45) is 13.4. The zero-order valence-electron chi connectivity index (χ0n) is 18.7. The second-order valence-electron chi connectivity index (χ2n) is 7.80. The van der Waals surface area contributed by atoms with E-state index in [1.165, 1.54) is 64.2 Å². The van der Waals surface area contributed by atoms with Gasteiger partial charge in [-0.05, 0) is 6.42 Å². The Morgan fingerprint density at radius 3 is 1.90 bits per heavy atom. The molecule has 0 spiro atoms. The molecule has 29 heavy (non-hydrogen) atoms. The van der Waals surface area contributed by atoms with Crippen molar-refractivity contribution in [2.45, 2.75) is 109 Å². The highest BCUT2D eigenvalue weighted by atomic mass is 16.6. The maximum absolute atomic E-state index is 11.7. The summed E-state index contributed by atoms with van der Waals surface area (Å²) in [7, 11) is 0. The van der Waals surface area contributed by atoms with Crippen LogP contribution >= 0.6 is 0 Å². The number of carbonyl (C=O) groups is 2. The van der Waals surface area contributed by atoms with Crippen molar-refractivity contribution in [3.8, 4) is 0 Å². The van der Waals surface area contributed by atoms with Gasteiger partial charge in [-0.15, -0.1) is 0 Å². The molecular weight excluding hydrogens is 376 g/mol. The van der Waals surface area contributed by atoms with Crippen LogP contribution in [0.5, 0.6) is 0 Å². The number of aliphatic hydroxyl groups is 3. The zero-order chi connectivity index (χ0) is 21.5. The normalized spacial score (nSPS) is 17.4. The van der Waals surface area contributed by atoms with E-state index in [0.717, 1.165) is 19.3 Å². The van der Waals surface area contributed by atoms with Crippen molar-refractivity contribution in [1.82, 2.24) is 0 Å². The van der Waals surface area contributed by atoms with E-state index < -0.39 is 42.3 Å². The van der Waals surface area contributed by atoms with Crippen LogP contribution in [0.25, 0.3) is 0 Å². The minimum absolute atomic E-state index is 0. The molecule has 0 amide bonds. The summed E-state index contributed by atoms with van der Waals surface area (Å²) < 4.78 is 9.55. The van der Waals surface area contributed by atoms with Crippen molar-refractivity contribution in [3.05, 3.63) is 11.5 Å². The molecule has 0 unspecified atom stereocenters. The summed E-state index contributed by atoms with van der Waals surface area (Å²) in [5, 5.41) is 28.5. The largest absolute Gasteiger partial charge is 1.00 e. The Morgan fingerprint density at radius 1 is 0.966 bits per heavy atom. The van der Waals surface area contributed by atoms with Crippen LogP contribution in [0.15, 0.2) is 11.5 Å². The molecule has 1 rings (SSSR count). The Labute approximate surface area is 175 Å². The molecule has 0 aromatic carbocycles. The molecule has 2 atom stereocenters. The van der Waals surface area contributed by atoms with Gasteiger partial charge in [-0.3, -0.25) is 4.79 Å². The number of ether oxygens (including phenoxy) is 2. The van der Waals surface area contributed by atoms with Crippen molar-refractivity contribution in [2.24, 2.45) is 0 Å². The molecular formula is C22H39O7+. The van der Waals surface area contributed by atoms with E-state index in [4.69, 9.17) is 4.74 Å². The average molecular weight is 416 g/mol. The number of unbranched alkanes of at least 4 members (excludes halogenated alkanes) is 12. The molecule has 0 saturated heterocycles. The Balaban J connectivity index is 0.00000841. The number of esters is 2. The van der Waals surface area contributed by atoms with E-state index in [-0.39, 0.29) is 7.85 Å². The van der Waals surface area contributed by atoms with Gasteiger partial charge in [-0.1, -0.05) is 84.0 Å². The topological polar surface area (TPSA) is 113 Å². The summed E-state index contributed by atoms with van der Waals surface area (Å²) in [5.41, 5.74) is 0. The summed E-state index contributed by atoms with van der Waals surface area (Å²) in [6, 6.07) is 0. The first-order valence-corrected chi connectivity index (χ1v) is 11.1. The first-order valence-electron chi connectivity index (χ1n) is 11.1. The van der Waals surface area contributed by atoms with Crippen LogP contribution in [0, 0.1) is 0 Å². The molecule has 0 aromatic rings. The third-order valence-electron chi connectivity index (χ3n) is 5.19. The van der Waals surface area contributed by atoms with Gasteiger partial charge in [0, 0.05) is 6.42 Å². The molecule has 0 saturated carbocycles. The second kappa shape index (κ2) is 15.1. The Hall–Kier alpha value is -1.76. The molecule has 168 valence electrons. The monoisotopic (exact) mass is 415 g/mol. The van der Waals surface area contributed by atoms with Gasteiger partial charge < -0.3 is 24.8 Å². The highest BCUT2D eigenvalue weighted by Crippen LogP contribution is 2.21. The highest BCUT2D eigenvalue weighted by Gasteiger charge is 2.39. The molecule has 7 heteroatoms. The van der Waals surface area contributed by atoms with Gasteiger partial charge >= 0.3 is 13.4 Å². The minimum atomic E-state index is -1.42. The number of hydrogen-bond donors (Lipinski definition) is 3. The molecule has 3 N–H and O–H groups in total. The van der Waals surface area contributed by atoms with Gasteiger partial charge in [0.1, 0.15) is 12.7 Å². The van der Waals surface area contributed by atoms with Crippen LogP contribution < -0.4 is 0 Å². The van der Waals surface area contributed by atoms with Crippen LogP contribution in [0.1, 0.15) is 98.2 Å². The van der Waals surface area contributed by atoms with Gasteiger partial charge in [0.2, 0.25) is 5.76 Å². The van der Waals surface area contributed by atoms with Crippen molar-refractivity contribution < 1.29 is 35.8 Å². The van der Waals surface area contributed by atoms with Crippen LogP contribution in [0.3, 0.4) is 0 Å². The van der Waals surface area contributed by atoms with E-state index in [1.807, 2.05) is 0 Å². The minimum Gasteiger partial charge on any atom is -0.505 e. The van der Waals surface area contributed by atoms with Crippen LogP contribution in [-0.2, 0) is 19.1 Å². The lowest BCUT2D eigenvalue weighted by molar-refractivity contribution is -0.154. The third kappa shape index (κ3) is 10.5. The van der Waals surface area contributed by atoms with E-state index in [2.05, 4.69) is 11.7 Å². The van der Waals surface area contributed by atoms with Crippen LogP contribution in [0.4, 0.5) is 0 Å². The van der Waals surface area contributed by atoms with Crippen molar-refractivity contribution in [1.29, 1.82) is 0 Å². The highest BCUT2D eigenvalue weighted by molar-refractivity contribution is 5.89. The molecule has 0 aliphatic carbocycles.